The molecule has 176 valence electrons. The monoisotopic (exact) mass is 468 g/mol. The Hall–Kier alpha value is -2.84. The van der Waals surface area contributed by atoms with E-state index in [0.717, 1.165) is 16.9 Å². The van der Waals surface area contributed by atoms with Crippen LogP contribution in [-0.2, 0) is 22.7 Å². The van der Waals surface area contributed by atoms with Crippen molar-refractivity contribution in [3.8, 4) is 16.9 Å². The van der Waals surface area contributed by atoms with Crippen LogP contribution in [-0.4, -0.2) is 46.2 Å². The maximum Gasteiger partial charge on any atom is 0.230 e. The largest absolute Gasteiger partial charge is 0.485 e. The summed E-state index contributed by atoms with van der Waals surface area (Å²) in [7, 11) is 1.66. The molecule has 1 atom stereocenters. The Kier molecular flexibility index (Phi) is 9.33. The molecule has 0 aliphatic heterocycles. The van der Waals surface area contributed by atoms with Crippen LogP contribution in [0.2, 0.25) is 0 Å². The quantitative estimate of drug-likeness (QED) is 0.397. The van der Waals surface area contributed by atoms with Crippen LogP contribution in [0.15, 0.2) is 59.8 Å². The molecule has 1 heterocycles. The first kappa shape index (κ1) is 24.8. The van der Waals surface area contributed by atoms with Gasteiger partial charge in [-0.3, -0.25) is 4.79 Å². The molecule has 0 fully saturated rings. The minimum Gasteiger partial charge on any atom is -0.485 e. The van der Waals surface area contributed by atoms with E-state index in [0.29, 0.717) is 30.1 Å². The third kappa shape index (κ3) is 7.07. The Morgan fingerprint density at radius 3 is 2.52 bits per heavy atom. The van der Waals surface area contributed by atoms with Crippen molar-refractivity contribution < 1.29 is 14.3 Å². The van der Waals surface area contributed by atoms with E-state index in [4.69, 9.17) is 9.47 Å². The molecule has 2 aromatic carbocycles. The standard InChI is InChI=1S/C25H32N4O3S/c1-18(2)19(3)26-24(30)17-33-25-28-27-23(29(25)14-15-31-4)16-32-22-13-9-8-12-21(22)20-10-6-5-7-11-20/h5-13,18-19H,14-17H2,1-4H3,(H,26,30). The van der Waals surface area contributed by atoms with Crippen LogP contribution in [0.1, 0.15) is 26.6 Å². The van der Waals surface area contributed by atoms with Crippen molar-refractivity contribution in [1.82, 2.24) is 20.1 Å². The predicted octanol–water partition coefficient (Wildman–Crippen LogP) is 4.42. The van der Waals surface area contributed by atoms with Gasteiger partial charge in [-0.2, -0.15) is 0 Å². The fourth-order valence-corrected chi connectivity index (χ4v) is 3.92. The van der Waals surface area contributed by atoms with Gasteiger partial charge in [0, 0.05) is 25.3 Å². The highest BCUT2D eigenvalue weighted by Crippen LogP contribution is 2.30. The van der Waals surface area contributed by atoms with Crippen molar-refractivity contribution in [2.24, 2.45) is 5.92 Å². The maximum absolute atomic E-state index is 12.3. The van der Waals surface area contributed by atoms with E-state index >= 15 is 0 Å². The summed E-state index contributed by atoms with van der Waals surface area (Å²) < 4.78 is 13.4. The summed E-state index contributed by atoms with van der Waals surface area (Å²) in [6.45, 7) is 7.53. The van der Waals surface area contributed by atoms with E-state index < -0.39 is 0 Å². The Labute approximate surface area is 199 Å². The molecule has 0 bridgehead atoms. The Bertz CT molecular complexity index is 1020. The van der Waals surface area contributed by atoms with Crippen molar-refractivity contribution in [1.29, 1.82) is 0 Å². The summed E-state index contributed by atoms with van der Waals surface area (Å²) in [6.07, 6.45) is 0. The van der Waals surface area contributed by atoms with E-state index in [-0.39, 0.29) is 24.3 Å². The lowest BCUT2D eigenvalue weighted by molar-refractivity contribution is -0.119. The van der Waals surface area contributed by atoms with Gasteiger partial charge < -0.3 is 19.4 Å². The minimum absolute atomic E-state index is 0.0166. The van der Waals surface area contributed by atoms with Gasteiger partial charge in [0.1, 0.15) is 12.4 Å². The van der Waals surface area contributed by atoms with Crippen molar-refractivity contribution in [2.75, 3.05) is 19.5 Å². The van der Waals surface area contributed by atoms with Gasteiger partial charge in [0.05, 0.1) is 12.4 Å². The summed E-state index contributed by atoms with van der Waals surface area (Å²) >= 11 is 1.37. The number of nitrogens with one attached hydrogen (secondary N) is 1. The number of methoxy groups -OCH3 is 1. The van der Waals surface area contributed by atoms with Crippen LogP contribution in [0.25, 0.3) is 11.1 Å². The molecule has 1 N–H and O–H groups in total. The third-order valence-corrected chi connectivity index (χ3v) is 6.33. The molecule has 0 radical (unpaired) electrons. The fraction of sp³-hybridized carbons (Fsp3) is 0.400. The Balaban J connectivity index is 1.70. The first-order chi connectivity index (χ1) is 16.0. The first-order valence-corrected chi connectivity index (χ1v) is 12.1. The van der Waals surface area contributed by atoms with Gasteiger partial charge >= 0.3 is 0 Å². The molecule has 0 aliphatic carbocycles. The highest BCUT2D eigenvalue weighted by molar-refractivity contribution is 7.99. The molecule has 8 heteroatoms. The van der Waals surface area contributed by atoms with Gasteiger partial charge in [-0.15, -0.1) is 10.2 Å². The van der Waals surface area contributed by atoms with Crippen molar-refractivity contribution in [3.05, 3.63) is 60.4 Å². The van der Waals surface area contributed by atoms with Gasteiger partial charge in [-0.25, -0.2) is 0 Å². The summed E-state index contributed by atoms with van der Waals surface area (Å²) in [6, 6.07) is 18.2. The van der Waals surface area contributed by atoms with Crippen LogP contribution >= 0.6 is 11.8 Å². The predicted molar refractivity (Wildman–Crippen MR) is 131 cm³/mol. The fourth-order valence-electron chi connectivity index (χ4n) is 3.12. The van der Waals surface area contributed by atoms with Crippen LogP contribution in [0.5, 0.6) is 5.75 Å². The van der Waals surface area contributed by atoms with Crippen molar-refractivity contribution in [2.45, 2.75) is 45.1 Å². The van der Waals surface area contributed by atoms with Gasteiger partial charge in [-0.1, -0.05) is 74.1 Å². The minimum atomic E-state index is -0.0166. The van der Waals surface area contributed by atoms with Crippen LogP contribution in [0.4, 0.5) is 0 Å². The molecule has 0 saturated heterocycles. The number of ether oxygens (including phenoxy) is 2. The number of carbonyl (C=O) groups is 1. The number of hydrogen-bond donors (Lipinski definition) is 1. The van der Waals surface area contributed by atoms with E-state index in [1.54, 1.807) is 7.11 Å². The summed E-state index contributed by atoms with van der Waals surface area (Å²) in [4.78, 5) is 12.3. The van der Waals surface area contributed by atoms with Gasteiger partial charge in [0.25, 0.3) is 0 Å². The van der Waals surface area contributed by atoms with E-state index in [9.17, 15) is 4.79 Å². The summed E-state index contributed by atoms with van der Waals surface area (Å²) in [5.41, 5.74) is 2.11. The zero-order chi connectivity index (χ0) is 23.6. The number of aromatic nitrogens is 3. The molecule has 3 aromatic rings. The maximum atomic E-state index is 12.3. The number of amides is 1. The molecule has 7 nitrogen and oxygen atoms in total. The lowest BCUT2D eigenvalue weighted by Gasteiger charge is -2.17. The molecule has 33 heavy (non-hydrogen) atoms. The Morgan fingerprint density at radius 1 is 1.06 bits per heavy atom. The van der Waals surface area contributed by atoms with Crippen LogP contribution < -0.4 is 10.1 Å². The lowest BCUT2D eigenvalue weighted by atomic mass is 10.1. The smallest absolute Gasteiger partial charge is 0.230 e. The number of nitrogens with zero attached hydrogens (tertiary/aromatic N) is 3. The molecule has 0 spiro atoms. The van der Waals surface area contributed by atoms with E-state index in [1.807, 2.05) is 54.0 Å². The van der Waals surface area contributed by atoms with Crippen LogP contribution in [0.3, 0.4) is 0 Å². The Morgan fingerprint density at radius 2 is 1.79 bits per heavy atom. The van der Waals surface area contributed by atoms with E-state index in [2.05, 4.69) is 41.5 Å². The molecule has 0 saturated carbocycles. The molecule has 0 aliphatic rings. The molecular weight excluding hydrogens is 436 g/mol. The van der Waals surface area contributed by atoms with Crippen molar-refractivity contribution >= 4 is 17.7 Å². The summed E-state index contributed by atoms with van der Waals surface area (Å²) in [5.74, 6) is 2.11. The van der Waals surface area contributed by atoms with Gasteiger partial charge in [0.2, 0.25) is 5.91 Å². The second-order valence-electron chi connectivity index (χ2n) is 8.08. The highest BCUT2D eigenvalue weighted by atomic mass is 32.2. The molecule has 1 amide bonds. The molecule has 3 rings (SSSR count). The van der Waals surface area contributed by atoms with E-state index in [1.165, 1.54) is 11.8 Å². The molecule has 1 aromatic heterocycles. The van der Waals surface area contributed by atoms with Crippen molar-refractivity contribution in [3.63, 3.8) is 0 Å². The number of thioether (sulfide) groups is 1. The highest BCUT2D eigenvalue weighted by Gasteiger charge is 2.17. The number of benzene rings is 2. The zero-order valence-electron chi connectivity index (χ0n) is 19.7. The van der Waals surface area contributed by atoms with Gasteiger partial charge in [-0.05, 0) is 24.5 Å². The number of hydrogen-bond acceptors (Lipinski definition) is 6. The third-order valence-electron chi connectivity index (χ3n) is 5.36. The average Bonchev–Trinajstić information content (AvgIpc) is 3.22. The normalized spacial score (nSPS) is 12.0. The topological polar surface area (TPSA) is 78.3 Å². The number of carbonyl (C=O) groups excluding carboxylic acids is 1. The average molecular weight is 469 g/mol. The number of para-hydroxylation sites is 1. The first-order valence-electron chi connectivity index (χ1n) is 11.1. The second-order valence-corrected chi connectivity index (χ2v) is 9.03. The molecular formula is C25H32N4O3S. The SMILES string of the molecule is COCCn1c(COc2ccccc2-c2ccccc2)nnc1SCC(=O)NC(C)C(C)C. The lowest BCUT2D eigenvalue weighted by Crippen LogP contribution is -2.37. The van der Waals surface area contributed by atoms with Gasteiger partial charge in [0.15, 0.2) is 11.0 Å². The zero-order valence-corrected chi connectivity index (χ0v) is 20.5. The molecule has 1 unspecified atom stereocenters. The second kappa shape index (κ2) is 12.4. The number of rotatable bonds is 12. The van der Waals surface area contributed by atoms with Crippen LogP contribution in [0, 0.1) is 5.92 Å². The summed E-state index contributed by atoms with van der Waals surface area (Å²) in [5, 5.41) is 12.3.